The summed E-state index contributed by atoms with van der Waals surface area (Å²) in [6.07, 6.45) is 8.83. The third-order valence-electron chi connectivity index (χ3n) is 12.2. The molecule has 1 aliphatic heterocycles. The van der Waals surface area contributed by atoms with Gasteiger partial charge < -0.3 is 4.74 Å². The van der Waals surface area contributed by atoms with Gasteiger partial charge in [-0.15, -0.1) is 11.3 Å². The monoisotopic (exact) mass is 746 g/mol. The van der Waals surface area contributed by atoms with Crippen molar-refractivity contribution in [3.8, 4) is 61.8 Å². The van der Waals surface area contributed by atoms with E-state index in [1.165, 1.54) is 54.8 Å². The van der Waals surface area contributed by atoms with Crippen molar-refractivity contribution in [2.75, 3.05) is 0 Å². The minimum atomic E-state index is -0.350. The number of fused-ring (bicyclic) bond motifs is 12. The van der Waals surface area contributed by atoms with Crippen LogP contribution in [0.25, 0.3) is 76.3 Å². The van der Waals surface area contributed by atoms with Crippen LogP contribution in [0.2, 0.25) is 0 Å². The molecule has 7 aromatic carbocycles. The Kier molecular flexibility index (Phi) is 7.14. The highest BCUT2D eigenvalue weighted by molar-refractivity contribution is 7.26. The quantitative estimate of drug-likeness (QED) is 0.180. The van der Waals surface area contributed by atoms with Crippen molar-refractivity contribution in [2.45, 2.75) is 11.5 Å². The zero-order chi connectivity index (χ0) is 37.5. The van der Waals surface area contributed by atoms with Gasteiger partial charge in [0.2, 0.25) is 0 Å². The van der Waals surface area contributed by atoms with Crippen LogP contribution in [0.15, 0.2) is 194 Å². The number of para-hydroxylation sites is 1. The van der Waals surface area contributed by atoms with Gasteiger partial charge in [0.25, 0.3) is 0 Å². The lowest BCUT2D eigenvalue weighted by Gasteiger charge is -2.47. The van der Waals surface area contributed by atoms with Gasteiger partial charge in [-0.3, -0.25) is 0 Å². The summed E-state index contributed by atoms with van der Waals surface area (Å²) in [5.41, 5.74) is 14.9. The van der Waals surface area contributed by atoms with Gasteiger partial charge >= 0.3 is 0 Å². The van der Waals surface area contributed by atoms with Crippen molar-refractivity contribution in [1.82, 2.24) is 9.97 Å². The third-order valence-corrected chi connectivity index (χ3v) is 13.4. The molecule has 2 aliphatic carbocycles. The van der Waals surface area contributed by atoms with E-state index in [4.69, 9.17) is 14.7 Å². The lowest BCUT2D eigenvalue weighted by molar-refractivity contribution is 0.141. The Bertz CT molecular complexity index is 3110. The molecule has 3 atom stereocenters. The van der Waals surface area contributed by atoms with E-state index in [9.17, 15) is 0 Å². The molecule has 0 radical (unpaired) electrons. The molecule has 3 unspecified atom stereocenters. The van der Waals surface area contributed by atoms with Crippen molar-refractivity contribution in [3.05, 3.63) is 211 Å². The molecule has 268 valence electrons. The maximum atomic E-state index is 6.64. The molecule has 0 amide bonds. The maximum absolute atomic E-state index is 6.64. The Balaban J connectivity index is 0.966. The van der Waals surface area contributed by atoms with Gasteiger partial charge in [-0.2, -0.15) is 0 Å². The fourth-order valence-electron chi connectivity index (χ4n) is 9.64. The van der Waals surface area contributed by atoms with Gasteiger partial charge in [-0.25, -0.2) is 9.97 Å². The summed E-state index contributed by atoms with van der Waals surface area (Å²) in [5, 5.41) is 1.16. The molecule has 3 aliphatic rings. The number of aromatic nitrogens is 2. The second-order valence-corrected chi connectivity index (χ2v) is 16.2. The van der Waals surface area contributed by atoms with E-state index in [1.807, 2.05) is 6.07 Å². The fourth-order valence-corrected chi connectivity index (χ4v) is 10.8. The molecule has 57 heavy (non-hydrogen) atoms. The lowest BCUT2D eigenvalue weighted by Crippen LogP contribution is -2.47. The molecule has 3 nitrogen and oxygen atoms in total. The number of hydrogen-bond donors (Lipinski definition) is 0. The molecular weight excluding hydrogens is 713 g/mol. The molecule has 0 saturated carbocycles. The lowest BCUT2D eigenvalue weighted by atomic mass is 9.60. The van der Waals surface area contributed by atoms with Crippen molar-refractivity contribution >= 4 is 31.6 Å². The average molecular weight is 747 g/mol. The van der Waals surface area contributed by atoms with E-state index in [0.29, 0.717) is 0 Å². The summed E-state index contributed by atoms with van der Waals surface area (Å²) < 4.78 is 8.96. The van der Waals surface area contributed by atoms with E-state index in [2.05, 4.69) is 188 Å². The SMILES string of the molecule is C1=CC2Oc3ccccc3C3(c4ccccc4-c4cc(-c5ccc(-c6nc(-c7ccc(-c8ccccc8)cc7)nc7c6sc6ccccc67)cc5)ccc43)C2C=C1. The van der Waals surface area contributed by atoms with Crippen LogP contribution in [-0.4, -0.2) is 16.1 Å². The molecule has 0 fully saturated rings. The molecule has 4 heteroatoms. The van der Waals surface area contributed by atoms with Gasteiger partial charge in [0.1, 0.15) is 11.9 Å². The number of allylic oxidation sites excluding steroid dienone is 2. The minimum absolute atomic E-state index is 0.0421. The largest absolute Gasteiger partial charge is 0.485 e. The van der Waals surface area contributed by atoms with E-state index >= 15 is 0 Å². The van der Waals surface area contributed by atoms with Crippen LogP contribution in [0.3, 0.4) is 0 Å². The van der Waals surface area contributed by atoms with Gasteiger partial charge in [0.15, 0.2) is 5.82 Å². The standard InChI is InChI=1S/C53H34N2OS/c1-2-12-33(13-3-1)34-24-28-37(29-25-34)52-54-49(51-50(55-52)40-15-5-11-21-48(40)57-51)36-26-22-35(23-27-36)38-30-31-43-41(32-38)39-14-4-6-16-42(39)53(43)44-17-7-9-19-46(44)56-47-20-10-8-18-45(47)53/h1-32,44,46H. The summed E-state index contributed by atoms with van der Waals surface area (Å²) in [5.74, 6) is 1.83. The summed E-state index contributed by atoms with van der Waals surface area (Å²) in [6.45, 7) is 0. The zero-order valence-electron chi connectivity index (χ0n) is 30.8. The number of benzene rings is 7. The Morgan fingerprint density at radius 3 is 1.98 bits per heavy atom. The first-order chi connectivity index (χ1) is 28.2. The van der Waals surface area contributed by atoms with Crippen LogP contribution in [0.5, 0.6) is 5.75 Å². The normalized spacial score (nSPS) is 18.6. The van der Waals surface area contributed by atoms with E-state index in [0.717, 1.165) is 44.0 Å². The highest BCUT2D eigenvalue weighted by Crippen LogP contribution is 2.62. The number of thiophene rings is 1. The topological polar surface area (TPSA) is 35.0 Å². The Labute approximate surface area is 334 Å². The van der Waals surface area contributed by atoms with Crippen LogP contribution in [0, 0.1) is 5.92 Å². The van der Waals surface area contributed by atoms with Crippen molar-refractivity contribution in [3.63, 3.8) is 0 Å². The van der Waals surface area contributed by atoms with Gasteiger partial charge in [-0.1, -0.05) is 170 Å². The van der Waals surface area contributed by atoms with Gasteiger partial charge in [-0.05, 0) is 68.8 Å². The van der Waals surface area contributed by atoms with Crippen LogP contribution in [0.1, 0.15) is 16.7 Å². The van der Waals surface area contributed by atoms with Crippen molar-refractivity contribution in [2.24, 2.45) is 5.92 Å². The zero-order valence-corrected chi connectivity index (χ0v) is 31.7. The predicted molar refractivity (Wildman–Crippen MR) is 235 cm³/mol. The van der Waals surface area contributed by atoms with E-state index < -0.39 is 0 Å². The number of hydrogen-bond acceptors (Lipinski definition) is 4. The first kappa shape index (κ1) is 32.4. The summed E-state index contributed by atoms with van der Waals surface area (Å²) in [4.78, 5) is 10.5. The first-order valence-electron chi connectivity index (χ1n) is 19.6. The molecular formula is C53H34N2OS. The van der Waals surface area contributed by atoms with Crippen molar-refractivity contribution in [1.29, 1.82) is 0 Å². The molecule has 9 aromatic rings. The fraction of sp³-hybridized carbons (Fsp3) is 0.0566. The Morgan fingerprint density at radius 2 is 1.12 bits per heavy atom. The molecule has 0 saturated heterocycles. The van der Waals surface area contributed by atoms with Gasteiger partial charge in [0, 0.05) is 32.7 Å². The third kappa shape index (κ3) is 4.84. The summed E-state index contributed by atoms with van der Waals surface area (Å²) in [6, 6.07) is 61.3. The Morgan fingerprint density at radius 1 is 0.491 bits per heavy atom. The summed E-state index contributed by atoms with van der Waals surface area (Å²) in [7, 11) is 0. The second-order valence-electron chi connectivity index (χ2n) is 15.2. The average Bonchev–Trinajstić information content (AvgIpc) is 3.80. The molecule has 0 N–H and O–H groups in total. The highest BCUT2D eigenvalue weighted by Gasteiger charge is 2.55. The van der Waals surface area contributed by atoms with Crippen LogP contribution in [-0.2, 0) is 5.41 Å². The molecule has 1 spiro atoms. The number of rotatable bonds is 4. The van der Waals surface area contributed by atoms with Crippen LogP contribution >= 0.6 is 11.3 Å². The van der Waals surface area contributed by atoms with Gasteiger partial charge in [0.05, 0.1) is 21.3 Å². The molecule has 2 aromatic heterocycles. The highest BCUT2D eigenvalue weighted by atomic mass is 32.1. The van der Waals surface area contributed by atoms with E-state index in [-0.39, 0.29) is 17.4 Å². The second kappa shape index (κ2) is 12.6. The van der Waals surface area contributed by atoms with Crippen molar-refractivity contribution < 1.29 is 4.74 Å². The Hall–Kier alpha value is -6.88. The number of ether oxygens (including phenoxy) is 1. The van der Waals surface area contributed by atoms with Crippen LogP contribution in [0.4, 0.5) is 0 Å². The molecule has 3 heterocycles. The van der Waals surface area contributed by atoms with Crippen LogP contribution < -0.4 is 4.74 Å². The van der Waals surface area contributed by atoms with E-state index in [1.54, 1.807) is 11.3 Å². The molecule has 12 rings (SSSR count). The number of nitrogens with zero attached hydrogens (tertiary/aromatic N) is 2. The maximum Gasteiger partial charge on any atom is 0.160 e. The first-order valence-corrected chi connectivity index (χ1v) is 20.4. The predicted octanol–water partition coefficient (Wildman–Crippen LogP) is 13.3. The summed E-state index contributed by atoms with van der Waals surface area (Å²) >= 11 is 1.76. The minimum Gasteiger partial charge on any atom is -0.485 e. The smallest absolute Gasteiger partial charge is 0.160 e. The molecule has 0 bridgehead atoms.